The smallest absolute Gasteiger partial charge is 0.258 e. The molecule has 1 aliphatic rings. The van der Waals surface area contributed by atoms with Gasteiger partial charge in [-0.1, -0.05) is 19.3 Å². The summed E-state index contributed by atoms with van der Waals surface area (Å²) < 4.78 is 5.48. The number of rotatable bonds is 4. The van der Waals surface area contributed by atoms with E-state index < -0.39 is 0 Å². The Bertz CT molecular complexity index is 440. The van der Waals surface area contributed by atoms with Crippen LogP contribution >= 0.6 is 0 Å². The van der Waals surface area contributed by atoms with E-state index in [1.807, 2.05) is 13.0 Å². The number of ether oxygens (including phenoxy) is 1. The second-order valence-electron chi connectivity index (χ2n) is 5.21. The monoisotopic (exact) mass is 262 g/mol. The molecule has 4 heteroatoms. The van der Waals surface area contributed by atoms with Gasteiger partial charge in [0.1, 0.15) is 5.75 Å². The zero-order chi connectivity index (χ0) is 13.7. The number of benzene rings is 1. The minimum atomic E-state index is -0.0404. The zero-order valence-corrected chi connectivity index (χ0v) is 11.4. The summed E-state index contributed by atoms with van der Waals surface area (Å²) in [7, 11) is 0. The molecule has 0 aromatic heterocycles. The topological polar surface area (TPSA) is 64.3 Å². The molecule has 104 valence electrons. The zero-order valence-electron chi connectivity index (χ0n) is 11.4. The van der Waals surface area contributed by atoms with Crippen molar-refractivity contribution in [1.29, 1.82) is 0 Å². The molecule has 0 unspecified atom stereocenters. The molecule has 0 spiro atoms. The average molecular weight is 262 g/mol. The van der Waals surface area contributed by atoms with E-state index in [-0.39, 0.29) is 12.5 Å². The number of nitrogens with one attached hydrogen (secondary N) is 1. The van der Waals surface area contributed by atoms with E-state index in [9.17, 15) is 4.79 Å². The van der Waals surface area contributed by atoms with Gasteiger partial charge < -0.3 is 15.8 Å². The van der Waals surface area contributed by atoms with Crippen molar-refractivity contribution in [1.82, 2.24) is 5.32 Å². The normalized spacial score (nSPS) is 16.1. The standard InChI is InChI=1S/C15H22N2O2/c1-11-9-13(7-8-14(11)16)19-10-15(18)17-12-5-3-2-4-6-12/h7-9,12H,2-6,10,16H2,1H3,(H,17,18). The van der Waals surface area contributed by atoms with Crippen LogP contribution in [0.5, 0.6) is 5.75 Å². The fourth-order valence-corrected chi connectivity index (χ4v) is 2.40. The molecule has 0 aliphatic heterocycles. The molecule has 1 saturated carbocycles. The van der Waals surface area contributed by atoms with Crippen molar-refractivity contribution in [2.24, 2.45) is 0 Å². The molecular weight excluding hydrogens is 240 g/mol. The largest absolute Gasteiger partial charge is 0.484 e. The van der Waals surface area contributed by atoms with Crippen LogP contribution in [0.1, 0.15) is 37.7 Å². The summed E-state index contributed by atoms with van der Waals surface area (Å²) in [6, 6.07) is 5.77. The minimum Gasteiger partial charge on any atom is -0.484 e. The highest BCUT2D eigenvalue weighted by Crippen LogP contribution is 2.19. The van der Waals surface area contributed by atoms with Crippen LogP contribution in [-0.2, 0) is 4.79 Å². The predicted octanol–water partition coefficient (Wildman–Crippen LogP) is 2.40. The van der Waals surface area contributed by atoms with E-state index in [1.165, 1.54) is 19.3 Å². The van der Waals surface area contributed by atoms with Crippen molar-refractivity contribution in [3.05, 3.63) is 23.8 Å². The van der Waals surface area contributed by atoms with Crippen LogP contribution in [0, 0.1) is 6.92 Å². The molecule has 1 aromatic rings. The summed E-state index contributed by atoms with van der Waals surface area (Å²) in [6.07, 6.45) is 5.89. The molecule has 0 saturated heterocycles. The van der Waals surface area contributed by atoms with Crippen LogP contribution in [-0.4, -0.2) is 18.6 Å². The second kappa shape index (κ2) is 6.45. The third kappa shape index (κ3) is 4.16. The van der Waals surface area contributed by atoms with Crippen molar-refractivity contribution in [3.8, 4) is 5.75 Å². The molecule has 19 heavy (non-hydrogen) atoms. The number of aryl methyl sites for hydroxylation is 1. The van der Waals surface area contributed by atoms with Crippen molar-refractivity contribution >= 4 is 11.6 Å². The average Bonchev–Trinajstić information content (AvgIpc) is 2.41. The Morgan fingerprint density at radius 3 is 2.79 bits per heavy atom. The highest BCUT2D eigenvalue weighted by atomic mass is 16.5. The number of carbonyl (C=O) groups excluding carboxylic acids is 1. The number of carbonyl (C=O) groups is 1. The van der Waals surface area contributed by atoms with Gasteiger partial charge in [0.05, 0.1) is 0 Å². The first-order valence-corrected chi connectivity index (χ1v) is 6.93. The van der Waals surface area contributed by atoms with Crippen LogP contribution in [0.4, 0.5) is 5.69 Å². The Kier molecular flexibility index (Phi) is 4.66. The van der Waals surface area contributed by atoms with Gasteiger partial charge in [0, 0.05) is 11.7 Å². The Balaban J connectivity index is 1.77. The van der Waals surface area contributed by atoms with Gasteiger partial charge in [-0.05, 0) is 43.5 Å². The Hall–Kier alpha value is -1.71. The van der Waals surface area contributed by atoms with Crippen molar-refractivity contribution in [2.45, 2.75) is 45.1 Å². The lowest BCUT2D eigenvalue weighted by atomic mass is 9.95. The summed E-state index contributed by atoms with van der Waals surface area (Å²) in [6.45, 7) is 1.99. The van der Waals surface area contributed by atoms with Gasteiger partial charge in [-0.15, -0.1) is 0 Å². The molecule has 0 radical (unpaired) electrons. The summed E-state index contributed by atoms with van der Waals surface area (Å²) >= 11 is 0. The van der Waals surface area contributed by atoms with Crippen molar-refractivity contribution in [3.63, 3.8) is 0 Å². The maximum Gasteiger partial charge on any atom is 0.258 e. The van der Waals surface area contributed by atoms with Crippen LogP contribution in [0.15, 0.2) is 18.2 Å². The molecule has 4 nitrogen and oxygen atoms in total. The van der Waals surface area contributed by atoms with Gasteiger partial charge in [0.25, 0.3) is 5.91 Å². The van der Waals surface area contributed by atoms with Gasteiger partial charge in [0.2, 0.25) is 0 Å². The first kappa shape index (κ1) is 13.7. The Labute approximate surface area is 114 Å². The molecular formula is C15H22N2O2. The van der Waals surface area contributed by atoms with Crippen LogP contribution < -0.4 is 15.8 Å². The van der Waals surface area contributed by atoms with Gasteiger partial charge in [-0.3, -0.25) is 4.79 Å². The van der Waals surface area contributed by atoms with Gasteiger partial charge in [0.15, 0.2) is 6.61 Å². The first-order chi connectivity index (χ1) is 9.15. The number of hydrogen-bond acceptors (Lipinski definition) is 3. The molecule has 0 atom stereocenters. The summed E-state index contributed by atoms with van der Waals surface area (Å²) in [5.74, 6) is 0.645. The van der Waals surface area contributed by atoms with Crippen LogP contribution in [0.2, 0.25) is 0 Å². The van der Waals surface area contributed by atoms with Gasteiger partial charge >= 0.3 is 0 Å². The van der Waals surface area contributed by atoms with E-state index in [2.05, 4.69) is 5.32 Å². The van der Waals surface area contributed by atoms with Crippen LogP contribution in [0.25, 0.3) is 0 Å². The molecule has 1 fully saturated rings. The van der Waals surface area contributed by atoms with E-state index >= 15 is 0 Å². The quantitative estimate of drug-likeness (QED) is 0.819. The molecule has 3 N–H and O–H groups in total. The minimum absolute atomic E-state index is 0.0404. The lowest BCUT2D eigenvalue weighted by molar-refractivity contribution is -0.124. The number of nitrogen functional groups attached to an aromatic ring is 1. The molecule has 0 bridgehead atoms. The molecule has 1 amide bonds. The number of hydrogen-bond donors (Lipinski definition) is 2. The Morgan fingerprint density at radius 1 is 1.37 bits per heavy atom. The fraction of sp³-hybridized carbons (Fsp3) is 0.533. The summed E-state index contributed by atoms with van der Waals surface area (Å²) in [5, 5.41) is 3.03. The Morgan fingerprint density at radius 2 is 2.11 bits per heavy atom. The number of amides is 1. The third-order valence-electron chi connectivity index (χ3n) is 3.58. The van der Waals surface area contributed by atoms with Gasteiger partial charge in [-0.25, -0.2) is 0 Å². The number of anilines is 1. The first-order valence-electron chi connectivity index (χ1n) is 6.93. The summed E-state index contributed by atoms with van der Waals surface area (Å²) in [5.41, 5.74) is 7.43. The van der Waals surface area contributed by atoms with Crippen molar-refractivity contribution < 1.29 is 9.53 Å². The fourth-order valence-electron chi connectivity index (χ4n) is 2.40. The van der Waals surface area contributed by atoms with Crippen LogP contribution in [0.3, 0.4) is 0 Å². The van der Waals surface area contributed by atoms with Crippen molar-refractivity contribution in [2.75, 3.05) is 12.3 Å². The highest BCUT2D eigenvalue weighted by Gasteiger charge is 2.15. The molecule has 2 rings (SSSR count). The molecule has 0 heterocycles. The maximum absolute atomic E-state index is 11.8. The lowest BCUT2D eigenvalue weighted by Crippen LogP contribution is -2.38. The van der Waals surface area contributed by atoms with Gasteiger partial charge in [-0.2, -0.15) is 0 Å². The SMILES string of the molecule is Cc1cc(OCC(=O)NC2CCCCC2)ccc1N. The highest BCUT2D eigenvalue weighted by molar-refractivity contribution is 5.77. The molecule has 1 aliphatic carbocycles. The molecule has 1 aromatic carbocycles. The predicted molar refractivity (Wildman–Crippen MR) is 76.1 cm³/mol. The van der Waals surface area contributed by atoms with E-state index in [4.69, 9.17) is 10.5 Å². The van der Waals surface area contributed by atoms with E-state index in [0.717, 1.165) is 24.1 Å². The third-order valence-corrected chi connectivity index (χ3v) is 3.58. The lowest BCUT2D eigenvalue weighted by Gasteiger charge is -2.22. The van der Waals surface area contributed by atoms with E-state index in [1.54, 1.807) is 12.1 Å². The second-order valence-corrected chi connectivity index (χ2v) is 5.21. The summed E-state index contributed by atoms with van der Waals surface area (Å²) in [4.78, 5) is 11.8. The maximum atomic E-state index is 11.8. The van der Waals surface area contributed by atoms with E-state index in [0.29, 0.717) is 11.8 Å². The number of nitrogens with two attached hydrogens (primary N) is 1.